The first kappa shape index (κ1) is 16.7. The van der Waals surface area contributed by atoms with Gasteiger partial charge < -0.3 is 9.64 Å². The molecule has 0 radical (unpaired) electrons. The fourth-order valence-corrected chi connectivity index (χ4v) is 3.06. The molecule has 3 rings (SSSR count). The number of hydrogen-bond acceptors (Lipinski definition) is 5. The minimum atomic E-state index is -0.464. The molecule has 0 bridgehead atoms. The number of anilines is 1. The van der Waals surface area contributed by atoms with Gasteiger partial charge in [-0.25, -0.2) is 4.98 Å². The van der Waals surface area contributed by atoms with Crippen LogP contribution in [-0.4, -0.2) is 42.6 Å². The van der Waals surface area contributed by atoms with Crippen molar-refractivity contribution in [3.63, 3.8) is 0 Å². The molecule has 2 saturated heterocycles. The molecule has 2 amide bonds. The predicted molar refractivity (Wildman–Crippen MR) is 89.5 cm³/mol. The SMILES string of the molecule is O=C(NNC(=O)[C@H]1CCCO1)c1ccc(N2CCCCCC2)nc1. The summed E-state index contributed by atoms with van der Waals surface area (Å²) in [5.41, 5.74) is 5.24. The van der Waals surface area contributed by atoms with E-state index in [2.05, 4.69) is 20.7 Å². The summed E-state index contributed by atoms with van der Waals surface area (Å²) in [5, 5.41) is 0. The van der Waals surface area contributed by atoms with Crippen LogP contribution in [0.25, 0.3) is 0 Å². The average molecular weight is 332 g/mol. The van der Waals surface area contributed by atoms with Crippen LogP contribution in [0.15, 0.2) is 18.3 Å². The van der Waals surface area contributed by atoms with Crippen molar-refractivity contribution in [2.24, 2.45) is 0 Å². The van der Waals surface area contributed by atoms with Gasteiger partial charge in [0.2, 0.25) is 0 Å². The Balaban J connectivity index is 1.52. The highest BCUT2D eigenvalue weighted by Crippen LogP contribution is 2.17. The lowest BCUT2D eigenvalue weighted by Crippen LogP contribution is -2.46. The van der Waals surface area contributed by atoms with Gasteiger partial charge in [0.05, 0.1) is 5.56 Å². The van der Waals surface area contributed by atoms with Gasteiger partial charge in [0.15, 0.2) is 0 Å². The summed E-state index contributed by atoms with van der Waals surface area (Å²) in [6.07, 6.45) is 7.53. The standard InChI is InChI=1S/C17H24N4O3/c22-16(19-20-17(23)14-6-5-11-24-14)13-7-8-15(18-12-13)21-9-3-1-2-4-10-21/h7-8,12,14H,1-6,9-11H2,(H,19,22)(H,20,23)/t14-/m1/s1. The van der Waals surface area contributed by atoms with Gasteiger partial charge in [-0.2, -0.15) is 0 Å². The Labute approximate surface area is 141 Å². The predicted octanol–water partition coefficient (Wildman–Crippen LogP) is 1.40. The van der Waals surface area contributed by atoms with E-state index in [0.29, 0.717) is 18.6 Å². The van der Waals surface area contributed by atoms with Crippen molar-refractivity contribution in [2.45, 2.75) is 44.6 Å². The summed E-state index contributed by atoms with van der Waals surface area (Å²) >= 11 is 0. The van der Waals surface area contributed by atoms with Crippen molar-refractivity contribution in [1.29, 1.82) is 0 Å². The van der Waals surface area contributed by atoms with Crippen LogP contribution in [0.1, 0.15) is 48.9 Å². The number of ether oxygens (including phenoxy) is 1. The van der Waals surface area contributed by atoms with Gasteiger partial charge in [-0.1, -0.05) is 12.8 Å². The molecule has 0 aromatic carbocycles. The zero-order chi connectivity index (χ0) is 16.8. The second-order valence-corrected chi connectivity index (χ2v) is 6.25. The van der Waals surface area contributed by atoms with Crippen molar-refractivity contribution in [3.8, 4) is 0 Å². The fourth-order valence-electron chi connectivity index (χ4n) is 3.06. The quantitative estimate of drug-likeness (QED) is 0.818. The Morgan fingerprint density at radius 2 is 1.88 bits per heavy atom. The summed E-state index contributed by atoms with van der Waals surface area (Å²) in [6.45, 7) is 2.61. The molecule has 1 aromatic rings. The summed E-state index contributed by atoms with van der Waals surface area (Å²) in [5.74, 6) is 0.211. The topological polar surface area (TPSA) is 83.6 Å². The monoisotopic (exact) mass is 332 g/mol. The Morgan fingerprint density at radius 1 is 1.08 bits per heavy atom. The lowest BCUT2D eigenvalue weighted by Gasteiger charge is -2.21. The number of amides is 2. The molecule has 2 N–H and O–H groups in total. The van der Waals surface area contributed by atoms with E-state index in [1.54, 1.807) is 12.3 Å². The van der Waals surface area contributed by atoms with E-state index >= 15 is 0 Å². The molecule has 2 aliphatic heterocycles. The molecule has 0 aliphatic carbocycles. The van der Waals surface area contributed by atoms with Crippen LogP contribution in [0.2, 0.25) is 0 Å². The molecule has 7 nitrogen and oxygen atoms in total. The van der Waals surface area contributed by atoms with E-state index in [-0.39, 0.29) is 11.8 Å². The van der Waals surface area contributed by atoms with Gasteiger partial charge in [-0.15, -0.1) is 0 Å². The number of hydrogen-bond donors (Lipinski definition) is 2. The fraction of sp³-hybridized carbons (Fsp3) is 0.588. The maximum absolute atomic E-state index is 12.1. The molecule has 0 spiro atoms. The lowest BCUT2D eigenvalue weighted by atomic mass is 10.2. The molecule has 2 aliphatic rings. The molecular weight excluding hydrogens is 308 g/mol. The van der Waals surface area contributed by atoms with Crippen LogP contribution in [-0.2, 0) is 9.53 Å². The molecule has 3 heterocycles. The van der Waals surface area contributed by atoms with Crippen LogP contribution in [0.5, 0.6) is 0 Å². The van der Waals surface area contributed by atoms with E-state index < -0.39 is 6.10 Å². The zero-order valence-corrected chi connectivity index (χ0v) is 13.8. The van der Waals surface area contributed by atoms with Crippen molar-refractivity contribution in [2.75, 3.05) is 24.6 Å². The number of pyridine rings is 1. The first-order chi connectivity index (χ1) is 11.7. The molecule has 24 heavy (non-hydrogen) atoms. The normalized spacial score (nSPS) is 21.2. The second kappa shape index (κ2) is 8.10. The first-order valence-electron chi connectivity index (χ1n) is 8.67. The van der Waals surface area contributed by atoms with E-state index in [0.717, 1.165) is 25.3 Å². The highest BCUT2D eigenvalue weighted by molar-refractivity contribution is 5.95. The molecule has 0 unspecified atom stereocenters. The van der Waals surface area contributed by atoms with Crippen LogP contribution >= 0.6 is 0 Å². The number of carbonyl (C=O) groups is 2. The maximum atomic E-state index is 12.1. The zero-order valence-electron chi connectivity index (χ0n) is 13.8. The van der Waals surface area contributed by atoms with Crippen LogP contribution in [0.3, 0.4) is 0 Å². The summed E-state index contributed by atoms with van der Waals surface area (Å²) in [6, 6.07) is 3.60. The Hall–Kier alpha value is -2.15. The number of aromatic nitrogens is 1. The minimum absolute atomic E-state index is 0.310. The minimum Gasteiger partial charge on any atom is -0.368 e. The van der Waals surface area contributed by atoms with Gasteiger partial charge in [-0.05, 0) is 37.8 Å². The second-order valence-electron chi connectivity index (χ2n) is 6.25. The van der Waals surface area contributed by atoms with Crippen LogP contribution in [0, 0.1) is 0 Å². The summed E-state index contributed by atoms with van der Waals surface area (Å²) < 4.78 is 5.26. The van der Waals surface area contributed by atoms with Gasteiger partial charge in [0.25, 0.3) is 11.8 Å². The molecular formula is C17H24N4O3. The molecule has 1 aromatic heterocycles. The van der Waals surface area contributed by atoms with Crippen molar-refractivity contribution >= 4 is 17.6 Å². The Kier molecular flexibility index (Phi) is 5.63. The molecule has 0 saturated carbocycles. The van der Waals surface area contributed by atoms with Crippen molar-refractivity contribution in [3.05, 3.63) is 23.9 Å². The smallest absolute Gasteiger partial charge is 0.271 e. The highest BCUT2D eigenvalue weighted by Gasteiger charge is 2.23. The first-order valence-corrected chi connectivity index (χ1v) is 8.67. The number of hydrazine groups is 1. The largest absolute Gasteiger partial charge is 0.368 e. The average Bonchev–Trinajstić information content (AvgIpc) is 3.02. The van der Waals surface area contributed by atoms with Gasteiger partial charge >= 0.3 is 0 Å². The number of rotatable bonds is 3. The van der Waals surface area contributed by atoms with E-state index in [1.165, 1.54) is 25.7 Å². The van der Waals surface area contributed by atoms with E-state index in [4.69, 9.17) is 4.74 Å². The number of nitrogens with zero attached hydrogens (tertiary/aromatic N) is 2. The molecule has 2 fully saturated rings. The van der Waals surface area contributed by atoms with Crippen molar-refractivity contribution < 1.29 is 14.3 Å². The summed E-state index contributed by atoms with van der Waals surface area (Å²) in [4.78, 5) is 30.5. The third-order valence-corrected chi connectivity index (χ3v) is 4.46. The summed E-state index contributed by atoms with van der Waals surface area (Å²) in [7, 11) is 0. The third kappa shape index (κ3) is 4.23. The van der Waals surface area contributed by atoms with Gasteiger partial charge in [0.1, 0.15) is 11.9 Å². The lowest BCUT2D eigenvalue weighted by molar-refractivity contribution is -0.130. The van der Waals surface area contributed by atoms with E-state index in [1.807, 2.05) is 6.07 Å². The van der Waals surface area contributed by atoms with Crippen molar-refractivity contribution in [1.82, 2.24) is 15.8 Å². The van der Waals surface area contributed by atoms with Crippen LogP contribution in [0.4, 0.5) is 5.82 Å². The molecule has 1 atom stereocenters. The highest BCUT2D eigenvalue weighted by atomic mass is 16.5. The van der Waals surface area contributed by atoms with Gasteiger partial charge in [-0.3, -0.25) is 20.4 Å². The molecule has 7 heteroatoms. The number of carbonyl (C=O) groups excluding carboxylic acids is 2. The molecule has 130 valence electrons. The van der Waals surface area contributed by atoms with Gasteiger partial charge in [0, 0.05) is 25.9 Å². The Morgan fingerprint density at radius 3 is 2.50 bits per heavy atom. The number of nitrogens with one attached hydrogen (secondary N) is 2. The van der Waals surface area contributed by atoms with Crippen LogP contribution < -0.4 is 15.8 Å². The maximum Gasteiger partial charge on any atom is 0.271 e. The Bertz CT molecular complexity index is 562. The third-order valence-electron chi connectivity index (χ3n) is 4.46. The van der Waals surface area contributed by atoms with E-state index in [9.17, 15) is 9.59 Å².